The first-order chi connectivity index (χ1) is 43.7. The van der Waals surface area contributed by atoms with Crippen LogP contribution in [0.1, 0.15) is 197 Å². The molecule has 2 aliphatic heterocycles. The van der Waals surface area contributed by atoms with Crippen molar-refractivity contribution in [2.24, 2.45) is 35.5 Å². The van der Waals surface area contributed by atoms with E-state index in [1.165, 1.54) is 69.5 Å². The van der Waals surface area contributed by atoms with E-state index in [2.05, 4.69) is 21.3 Å². The summed E-state index contributed by atoms with van der Waals surface area (Å²) in [7, 11) is 7.29. The van der Waals surface area contributed by atoms with Crippen LogP contribution in [0.25, 0.3) is 0 Å². The highest BCUT2D eigenvalue weighted by molar-refractivity contribution is 6.20. The maximum atomic E-state index is 15.1. The standard InChI is InChI=1S/C67H111ClF3N11O11/c1-14-16-32-81-40-55(85)76(9)39-56(86)79(12)52(37-45-23-18-17-19-24-45)63(91)77(10)38-53(83)73-49(29-27-46-26-28-47(48(68)36-46)67(69,70)71)62(90)82-33-22-25-50(82)60(88)75-66(30-20-21-31-66)65(93)80(13)58(42(5)6)61(89)72-44(8)35-54(84)78(11)51(34-41(3)4)59(87)74-57(64(81)92)43(7)15-2/h41-52,57-58H,14-40H2,1-13H3,(H,72,89)(H,73,83)(H,74,87)(H,75,88)/t43-,44+,46?,47?,48?,49-,50-,51-,52-,57-,58-/m0/s1. The second-order valence-electron chi connectivity index (χ2n) is 28.6. The Morgan fingerprint density at radius 2 is 1.28 bits per heavy atom. The van der Waals surface area contributed by atoms with Gasteiger partial charge in [-0.3, -0.25) is 52.7 Å². The molecular formula is C67H111ClF3N11O11. The molecule has 0 bridgehead atoms. The smallest absolute Gasteiger partial charge is 0.351 e. The van der Waals surface area contributed by atoms with Crippen molar-refractivity contribution in [1.29, 1.82) is 0 Å². The third-order valence-electron chi connectivity index (χ3n) is 20.4. The lowest BCUT2D eigenvalue weighted by atomic mass is 9.78. The number of hydrogen-bond donors (Lipinski definition) is 4. The summed E-state index contributed by atoms with van der Waals surface area (Å²) < 4.78 is 41.8. The van der Waals surface area contributed by atoms with E-state index in [0.29, 0.717) is 38.5 Å². The highest BCUT2D eigenvalue weighted by Crippen LogP contribution is 2.44. The zero-order chi connectivity index (χ0) is 69.4. The fraction of sp³-hybridized carbons (Fsp3) is 0.836. The molecule has 2 saturated heterocycles. The summed E-state index contributed by atoms with van der Waals surface area (Å²) in [5, 5.41) is 10.5. The summed E-state index contributed by atoms with van der Waals surface area (Å²) in [6.45, 7) is 13.3. The van der Waals surface area contributed by atoms with Gasteiger partial charge in [0.15, 0.2) is 0 Å². The van der Waals surface area contributed by atoms with Crippen LogP contribution in [0, 0.1) is 35.5 Å². The molecule has 3 saturated carbocycles. The zero-order valence-electron chi connectivity index (χ0n) is 57.8. The summed E-state index contributed by atoms with van der Waals surface area (Å²) in [5.74, 6) is -9.43. The summed E-state index contributed by atoms with van der Waals surface area (Å²) in [4.78, 5) is 170. The summed E-state index contributed by atoms with van der Waals surface area (Å²) >= 11 is 6.37. The van der Waals surface area contributed by atoms with Crippen LogP contribution in [0.2, 0.25) is 0 Å². The Labute approximate surface area is 555 Å². The maximum Gasteiger partial charge on any atom is 0.393 e. The van der Waals surface area contributed by atoms with Crippen LogP contribution >= 0.6 is 11.6 Å². The zero-order valence-corrected chi connectivity index (χ0v) is 58.6. The van der Waals surface area contributed by atoms with E-state index in [1.807, 2.05) is 34.6 Å². The molecule has 93 heavy (non-hydrogen) atoms. The number of likely N-dealkylation sites (N-methyl/N-ethyl adjacent to an activating group) is 5. The first-order valence-electron chi connectivity index (χ1n) is 34.5. The number of carbonyl (C=O) groups is 11. The second kappa shape index (κ2) is 35.3. The number of nitrogens with one attached hydrogen (secondary N) is 4. The van der Waals surface area contributed by atoms with E-state index >= 15 is 9.59 Å². The molecule has 11 amide bonds. The molecule has 0 aromatic heterocycles. The van der Waals surface area contributed by atoms with E-state index in [4.69, 9.17) is 11.6 Å². The van der Waals surface area contributed by atoms with Crippen molar-refractivity contribution in [2.45, 2.75) is 256 Å². The molecule has 5 fully saturated rings. The number of amides is 11. The molecule has 0 radical (unpaired) electrons. The second-order valence-corrected chi connectivity index (χ2v) is 29.1. The Bertz CT molecular complexity index is 2600. The molecule has 0 aromatic carbocycles. The van der Waals surface area contributed by atoms with Gasteiger partial charge < -0.3 is 55.6 Å². The number of unbranched alkanes of at least 4 members (excludes halogenated alkanes) is 1. The first-order valence-corrected chi connectivity index (χ1v) is 34.9. The summed E-state index contributed by atoms with van der Waals surface area (Å²) in [5.41, 5.74) is -1.48. The van der Waals surface area contributed by atoms with E-state index in [0.717, 1.165) is 32.1 Å². The van der Waals surface area contributed by atoms with Gasteiger partial charge in [0, 0.05) is 66.2 Å². The number of fused-ring (bicyclic) bond motifs is 1. The van der Waals surface area contributed by atoms with Gasteiger partial charge in [0.1, 0.15) is 41.8 Å². The van der Waals surface area contributed by atoms with Crippen LogP contribution in [0.15, 0.2) is 0 Å². The van der Waals surface area contributed by atoms with Gasteiger partial charge >= 0.3 is 6.18 Å². The number of rotatable bonds is 13. The number of alkyl halides is 4. The lowest BCUT2D eigenvalue weighted by molar-refractivity contribution is -0.182. The Morgan fingerprint density at radius 1 is 0.634 bits per heavy atom. The molecule has 2 heterocycles. The monoisotopic (exact) mass is 1340 g/mol. The van der Waals surface area contributed by atoms with Gasteiger partial charge in [0.25, 0.3) is 0 Å². The van der Waals surface area contributed by atoms with Gasteiger partial charge in [-0.25, -0.2) is 0 Å². The minimum Gasteiger partial charge on any atom is -0.351 e. The van der Waals surface area contributed by atoms with E-state index in [9.17, 15) is 56.3 Å². The molecule has 0 aromatic rings. The van der Waals surface area contributed by atoms with Gasteiger partial charge in [0.05, 0.1) is 25.6 Å². The fourth-order valence-corrected chi connectivity index (χ4v) is 15.0. The third-order valence-corrected chi connectivity index (χ3v) is 20.9. The third kappa shape index (κ3) is 21.1. The summed E-state index contributed by atoms with van der Waals surface area (Å²) in [6, 6.07) is -7.57. The van der Waals surface area contributed by atoms with E-state index < -0.39 is 162 Å². The fourth-order valence-electron chi connectivity index (χ4n) is 14.5. The Balaban J connectivity index is 1.55. The molecule has 3 unspecified atom stereocenters. The van der Waals surface area contributed by atoms with Gasteiger partial charge in [-0.1, -0.05) is 106 Å². The minimum absolute atomic E-state index is 0.0149. The van der Waals surface area contributed by atoms with Crippen molar-refractivity contribution in [3.8, 4) is 0 Å². The van der Waals surface area contributed by atoms with Crippen LogP contribution in [-0.4, -0.2) is 227 Å². The van der Waals surface area contributed by atoms with Gasteiger partial charge in [-0.2, -0.15) is 13.2 Å². The Kier molecular flexibility index (Phi) is 29.6. The van der Waals surface area contributed by atoms with Crippen LogP contribution in [-0.2, 0) is 52.7 Å². The average Bonchev–Trinajstić information content (AvgIpc) is 1.74. The molecular weight excluding hydrogens is 1230 g/mol. The number of hydrogen-bond acceptors (Lipinski definition) is 11. The number of halogens is 4. The van der Waals surface area contributed by atoms with Crippen molar-refractivity contribution in [2.75, 3.05) is 68.0 Å². The highest BCUT2D eigenvalue weighted by Gasteiger charge is 2.51. The minimum atomic E-state index is -4.49. The van der Waals surface area contributed by atoms with Crippen LogP contribution in [0.3, 0.4) is 0 Å². The first kappa shape index (κ1) is 78.0. The van der Waals surface area contributed by atoms with Crippen molar-refractivity contribution >= 4 is 76.6 Å². The molecule has 528 valence electrons. The topological polar surface area (TPSA) is 259 Å². The molecule has 3 aliphatic carbocycles. The van der Waals surface area contributed by atoms with Crippen molar-refractivity contribution in [3.63, 3.8) is 0 Å². The van der Waals surface area contributed by atoms with E-state index in [-0.39, 0.29) is 101 Å². The van der Waals surface area contributed by atoms with Crippen LogP contribution < -0.4 is 21.3 Å². The van der Waals surface area contributed by atoms with E-state index in [1.54, 1.807) is 20.8 Å². The van der Waals surface area contributed by atoms with Crippen molar-refractivity contribution in [1.82, 2.24) is 55.6 Å². The molecule has 11 atom stereocenters. The maximum absolute atomic E-state index is 15.1. The van der Waals surface area contributed by atoms with Gasteiger partial charge in [0.2, 0.25) is 65.0 Å². The normalized spacial score (nSPS) is 29.3. The molecule has 1 spiro atoms. The number of nitrogens with zero attached hydrogens (tertiary/aromatic N) is 7. The lowest BCUT2D eigenvalue weighted by Crippen LogP contribution is -2.64. The van der Waals surface area contributed by atoms with Crippen LogP contribution in [0.4, 0.5) is 13.2 Å². The van der Waals surface area contributed by atoms with Crippen LogP contribution in [0.5, 0.6) is 0 Å². The van der Waals surface area contributed by atoms with Crippen molar-refractivity contribution < 1.29 is 65.9 Å². The quantitative estimate of drug-likeness (QED) is 0.147. The van der Waals surface area contributed by atoms with Gasteiger partial charge in [-0.15, -0.1) is 11.6 Å². The summed E-state index contributed by atoms with van der Waals surface area (Å²) in [6.07, 6.45) is 4.08. The largest absolute Gasteiger partial charge is 0.393 e. The average molecular weight is 1340 g/mol. The molecule has 5 aliphatic rings. The Hall–Kier alpha value is -5.75. The number of carbonyl (C=O) groups excluding carboxylic acids is 11. The lowest BCUT2D eigenvalue weighted by Gasteiger charge is -2.39. The van der Waals surface area contributed by atoms with Crippen molar-refractivity contribution in [3.05, 3.63) is 0 Å². The molecule has 22 nitrogen and oxygen atoms in total. The Morgan fingerprint density at radius 3 is 1.87 bits per heavy atom. The predicted molar refractivity (Wildman–Crippen MR) is 347 cm³/mol. The molecule has 4 N–H and O–H groups in total. The highest BCUT2D eigenvalue weighted by atomic mass is 35.5. The van der Waals surface area contributed by atoms with Gasteiger partial charge in [-0.05, 0) is 114 Å². The molecule has 5 rings (SSSR count). The molecule has 26 heteroatoms. The predicted octanol–water partition coefficient (Wildman–Crippen LogP) is 6.40. The SMILES string of the molecule is CCCCN1CC(=O)N(C)CC(=O)N(C)[C@@H](CC2CCCCC2)C(=O)N(C)CC(=O)N[C@@H](CCC2CCC(C(F)(F)F)C(Cl)C2)C(=O)N2CCC[C@H]2C(=O)NC2(CCCC2)C(=O)N(C)[C@@H](C(C)C)C(=O)N[C@H](C)CC(=O)N(C)[C@@H](CC(C)C)C(=O)N[C@@H]([C@@H](C)CC)C1=O.